The molecule has 6 heteroatoms. The number of ether oxygens (including phenoxy) is 2. The summed E-state index contributed by atoms with van der Waals surface area (Å²) in [5, 5.41) is 0. The predicted octanol–water partition coefficient (Wildman–Crippen LogP) is 3.23. The van der Waals surface area contributed by atoms with Crippen molar-refractivity contribution in [3.05, 3.63) is 54.1 Å². The van der Waals surface area contributed by atoms with Gasteiger partial charge in [-0.05, 0) is 54.8 Å². The Morgan fingerprint density at radius 1 is 0.917 bits per heavy atom. The summed E-state index contributed by atoms with van der Waals surface area (Å²) >= 11 is 0. The molecule has 1 unspecified atom stereocenters. The van der Waals surface area contributed by atoms with Gasteiger partial charge < -0.3 is 9.47 Å². The molecule has 0 amide bonds. The van der Waals surface area contributed by atoms with Gasteiger partial charge in [0.2, 0.25) is 10.0 Å². The molecular formula is C18H21NO4S. The molecule has 0 aromatic heterocycles. The van der Waals surface area contributed by atoms with E-state index in [1.54, 1.807) is 42.8 Å². The lowest BCUT2D eigenvalue weighted by Crippen LogP contribution is -2.30. The van der Waals surface area contributed by atoms with E-state index < -0.39 is 10.0 Å². The van der Waals surface area contributed by atoms with E-state index in [1.165, 1.54) is 0 Å². The van der Waals surface area contributed by atoms with E-state index in [0.717, 1.165) is 24.2 Å². The zero-order valence-electron chi connectivity index (χ0n) is 13.8. The number of rotatable bonds is 5. The first-order chi connectivity index (χ1) is 11.6. The second-order valence-corrected chi connectivity index (χ2v) is 7.61. The predicted molar refractivity (Wildman–Crippen MR) is 91.9 cm³/mol. The summed E-state index contributed by atoms with van der Waals surface area (Å²) in [7, 11) is -0.355. The fourth-order valence-corrected chi connectivity index (χ4v) is 4.75. The first kappa shape index (κ1) is 16.8. The van der Waals surface area contributed by atoms with Gasteiger partial charge in [0.25, 0.3) is 0 Å². The normalized spacial score (nSPS) is 18.5. The van der Waals surface area contributed by atoms with Crippen molar-refractivity contribution in [1.82, 2.24) is 4.31 Å². The number of sulfonamides is 1. The zero-order valence-corrected chi connectivity index (χ0v) is 14.6. The van der Waals surface area contributed by atoms with Gasteiger partial charge in [-0.1, -0.05) is 12.1 Å². The molecule has 0 bridgehead atoms. The molecule has 3 rings (SSSR count). The lowest BCUT2D eigenvalue weighted by molar-refractivity contribution is 0.394. The van der Waals surface area contributed by atoms with Crippen LogP contribution in [0.15, 0.2) is 53.4 Å². The summed E-state index contributed by atoms with van der Waals surface area (Å²) in [6.07, 6.45) is 1.67. The topological polar surface area (TPSA) is 55.8 Å². The molecule has 1 fully saturated rings. The molecule has 0 radical (unpaired) electrons. The highest BCUT2D eigenvalue weighted by Crippen LogP contribution is 2.37. The van der Waals surface area contributed by atoms with Gasteiger partial charge in [0.1, 0.15) is 11.5 Å². The smallest absolute Gasteiger partial charge is 0.243 e. The van der Waals surface area contributed by atoms with Crippen LogP contribution in [-0.2, 0) is 10.0 Å². The van der Waals surface area contributed by atoms with Gasteiger partial charge >= 0.3 is 0 Å². The average molecular weight is 347 g/mol. The third-order valence-electron chi connectivity index (χ3n) is 4.37. The summed E-state index contributed by atoms with van der Waals surface area (Å²) in [5.41, 5.74) is 0.991. The van der Waals surface area contributed by atoms with E-state index in [2.05, 4.69) is 0 Å². The molecule has 2 aromatic rings. The fraction of sp³-hybridized carbons (Fsp3) is 0.333. The monoisotopic (exact) mass is 347 g/mol. The Morgan fingerprint density at radius 3 is 2.00 bits per heavy atom. The maximum atomic E-state index is 13.0. The third kappa shape index (κ3) is 3.12. The van der Waals surface area contributed by atoms with Crippen LogP contribution in [0.2, 0.25) is 0 Å². The van der Waals surface area contributed by atoms with E-state index in [9.17, 15) is 8.42 Å². The highest BCUT2D eigenvalue weighted by Gasteiger charge is 2.36. The molecule has 128 valence electrons. The van der Waals surface area contributed by atoms with Gasteiger partial charge in [0.05, 0.1) is 25.2 Å². The maximum absolute atomic E-state index is 13.0. The second-order valence-electron chi connectivity index (χ2n) is 5.72. The Morgan fingerprint density at radius 2 is 1.46 bits per heavy atom. The molecule has 1 aliphatic heterocycles. The Bertz CT molecular complexity index is 785. The molecule has 1 heterocycles. The summed E-state index contributed by atoms with van der Waals surface area (Å²) in [6.45, 7) is 0.533. The summed E-state index contributed by atoms with van der Waals surface area (Å²) in [6, 6.07) is 14.0. The van der Waals surface area contributed by atoms with Gasteiger partial charge in [-0.2, -0.15) is 4.31 Å². The molecule has 0 spiro atoms. The van der Waals surface area contributed by atoms with Crippen LogP contribution < -0.4 is 9.47 Å². The van der Waals surface area contributed by atoms with E-state index >= 15 is 0 Å². The van der Waals surface area contributed by atoms with Crippen LogP contribution in [0.1, 0.15) is 24.4 Å². The van der Waals surface area contributed by atoms with E-state index in [4.69, 9.17) is 9.47 Å². The number of hydrogen-bond donors (Lipinski definition) is 0. The van der Waals surface area contributed by atoms with Gasteiger partial charge in [-0.25, -0.2) is 8.42 Å². The standard InChI is InChI=1S/C18H21NO4S/c1-22-15-7-5-14(6-8-15)18-4-3-13-19(18)24(20,21)17-11-9-16(23-2)10-12-17/h5-12,18H,3-4,13H2,1-2H3. The molecule has 24 heavy (non-hydrogen) atoms. The number of nitrogens with zero attached hydrogens (tertiary/aromatic N) is 1. The van der Waals surface area contributed by atoms with Crippen molar-refractivity contribution in [1.29, 1.82) is 0 Å². The van der Waals surface area contributed by atoms with E-state index in [0.29, 0.717) is 17.2 Å². The lowest BCUT2D eigenvalue weighted by Gasteiger charge is -2.24. The molecule has 1 aliphatic rings. The highest BCUT2D eigenvalue weighted by atomic mass is 32.2. The summed E-state index contributed by atoms with van der Waals surface area (Å²) in [4.78, 5) is 0.295. The van der Waals surface area contributed by atoms with Crippen LogP contribution in [0.3, 0.4) is 0 Å². The fourth-order valence-electron chi connectivity index (χ4n) is 3.07. The molecule has 1 atom stereocenters. The van der Waals surface area contributed by atoms with Crippen LogP contribution in [0.25, 0.3) is 0 Å². The Hall–Kier alpha value is -2.05. The van der Waals surface area contributed by atoms with Crippen molar-refractivity contribution >= 4 is 10.0 Å². The minimum atomic E-state index is -3.53. The zero-order chi connectivity index (χ0) is 17.2. The van der Waals surface area contributed by atoms with Gasteiger partial charge in [-0.3, -0.25) is 0 Å². The molecule has 2 aromatic carbocycles. The van der Waals surface area contributed by atoms with E-state index in [1.807, 2.05) is 24.3 Å². The van der Waals surface area contributed by atoms with Crippen LogP contribution in [0.5, 0.6) is 11.5 Å². The molecular weight excluding hydrogens is 326 g/mol. The minimum absolute atomic E-state index is 0.136. The van der Waals surface area contributed by atoms with Crippen LogP contribution in [0.4, 0.5) is 0 Å². The second kappa shape index (κ2) is 6.83. The van der Waals surface area contributed by atoms with Crippen molar-refractivity contribution < 1.29 is 17.9 Å². The molecule has 1 saturated heterocycles. The molecule has 0 saturated carbocycles. The SMILES string of the molecule is COc1ccc(C2CCCN2S(=O)(=O)c2ccc(OC)cc2)cc1. The van der Waals surface area contributed by atoms with Crippen molar-refractivity contribution in [2.45, 2.75) is 23.8 Å². The number of methoxy groups -OCH3 is 2. The van der Waals surface area contributed by atoms with E-state index in [-0.39, 0.29) is 6.04 Å². The van der Waals surface area contributed by atoms with Gasteiger partial charge in [0.15, 0.2) is 0 Å². The quantitative estimate of drug-likeness (QED) is 0.833. The first-order valence-electron chi connectivity index (χ1n) is 7.86. The third-order valence-corrected chi connectivity index (χ3v) is 6.29. The summed E-state index contributed by atoms with van der Waals surface area (Å²) in [5.74, 6) is 1.41. The Kier molecular flexibility index (Phi) is 4.78. The average Bonchev–Trinajstić information content (AvgIpc) is 3.12. The highest BCUT2D eigenvalue weighted by molar-refractivity contribution is 7.89. The Labute approximate surface area is 142 Å². The van der Waals surface area contributed by atoms with Crippen LogP contribution >= 0.6 is 0 Å². The van der Waals surface area contributed by atoms with Crippen LogP contribution in [-0.4, -0.2) is 33.5 Å². The van der Waals surface area contributed by atoms with Crippen LogP contribution in [0, 0.1) is 0 Å². The largest absolute Gasteiger partial charge is 0.497 e. The molecule has 0 N–H and O–H groups in total. The summed E-state index contributed by atoms with van der Waals surface area (Å²) < 4.78 is 37.9. The van der Waals surface area contributed by atoms with Gasteiger partial charge in [-0.15, -0.1) is 0 Å². The van der Waals surface area contributed by atoms with Gasteiger partial charge in [0, 0.05) is 6.54 Å². The van der Waals surface area contributed by atoms with Crippen molar-refractivity contribution in [3.63, 3.8) is 0 Å². The molecule has 0 aliphatic carbocycles. The number of benzene rings is 2. The van der Waals surface area contributed by atoms with Crippen molar-refractivity contribution in [2.24, 2.45) is 0 Å². The van der Waals surface area contributed by atoms with Crippen molar-refractivity contribution in [2.75, 3.05) is 20.8 Å². The first-order valence-corrected chi connectivity index (χ1v) is 9.30. The Balaban J connectivity index is 1.90. The maximum Gasteiger partial charge on any atom is 0.243 e. The number of hydrogen-bond acceptors (Lipinski definition) is 4. The van der Waals surface area contributed by atoms with Crippen molar-refractivity contribution in [3.8, 4) is 11.5 Å². The lowest BCUT2D eigenvalue weighted by atomic mass is 10.1. The molecule has 5 nitrogen and oxygen atoms in total. The minimum Gasteiger partial charge on any atom is -0.497 e.